The van der Waals surface area contributed by atoms with Gasteiger partial charge in [-0.1, -0.05) is 13.8 Å². The Labute approximate surface area is 89.8 Å². The highest BCUT2D eigenvalue weighted by Crippen LogP contribution is 1.89. The predicted molar refractivity (Wildman–Crippen MR) is 63.9 cm³/mol. The Morgan fingerprint density at radius 1 is 1.14 bits per heavy atom. The van der Waals surface area contributed by atoms with Crippen molar-refractivity contribution in [1.29, 1.82) is 0 Å². The third-order valence-corrected chi connectivity index (χ3v) is 1.85. The van der Waals surface area contributed by atoms with Crippen molar-refractivity contribution in [1.82, 2.24) is 10.2 Å². The van der Waals surface area contributed by atoms with Crippen molar-refractivity contribution in [2.75, 3.05) is 47.4 Å². The minimum atomic E-state index is 0.871. The average molecular weight is 204 g/mol. The van der Waals surface area contributed by atoms with E-state index >= 15 is 0 Å². The van der Waals surface area contributed by atoms with E-state index in [1.807, 2.05) is 20.9 Å². The molecule has 1 N–H and O–H groups in total. The molecule has 0 bridgehead atoms. The zero-order valence-corrected chi connectivity index (χ0v) is 10.6. The first kappa shape index (κ1) is 16.3. The second kappa shape index (κ2) is 15.4. The minimum Gasteiger partial charge on any atom is -0.385 e. The van der Waals surface area contributed by atoms with Gasteiger partial charge < -0.3 is 15.0 Å². The van der Waals surface area contributed by atoms with Gasteiger partial charge in [-0.05, 0) is 40.0 Å². The topological polar surface area (TPSA) is 24.5 Å². The monoisotopic (exact) mass is 204 g/mol. The highest BCUT2D eigenvalue weighted by molar-refractivity contribution is 4.52. The van der Waals surface area contributed by atoms with Gasteiger partial charge in [0.1, 0.15) is 0 Å². The molecule has 0 aliphatic heterocycles. The van der Waals surface area contributed by atoms with E-state index in [-0.39, 0.29) is 0 Å². The van der Waals surface area contributed by atoms with Crippen LogP contribution < -0.4 is 5.32 Å². The van der Waals surface area contributed by atoms with Gasteiger partial charge in [0.15, 0.2) is 0 Å². The summed E-state index contributed by atoms with van der Waals surface area (Å²) in [4.78, 5) is 2.34. The van der Waals surface area contributed by atoms with Gasteiger partial charge in [-0.3, -0.25) is 0 Å². The van der Waals surface area contributed by atoms with Gasteiger partial charge in [0.25, 0.3) is 0 Å². The highest BCUT2D eigenvalue weighted by Gasteiger charge is 1.96. The van der Waals surface area contributed by atoms with Crippen molar-refractivity contribution in [3.8, 4) is 0 Å². The molecule has 0 saturated heterocycles. The molecule has 0 saturated carbocycles. The van der Waals surface area contributed by atoms with E-state index in [1.165, 1.54) is 13.0 Å². The molecular weight excluding hydrogens is 176 g/mol. The lowest BCUT2D eigenvalue weighted by molar-refractivity contribution is 0.179. The Hall–Kier alpha value is -0.120. The molecule has 0 unspecified atom stereocenters. The highest BCUT2D eigenvalue weighted by atomic mass is 16.5. The fourth-order valence-corrected chi connectivity index (χ4v) is 1.12. The van der Waals surface area contributed by atoms with Gasteiger partial charge in [0, 0.05) is 20.3 Å². The quantitative estimate of drug-likeness (QED) is 0.608. The van der Waals surface area contributed by atoms with Crippen molar-refractivity contribution < 1.29 is 4.74 Å². The van der Waals surface area contributed by atoms with Gasteiger partial charge in [-0.2, -0.15) is 0 Å². The van der Waals surface area contributed by atoms with Crippen LogP contribution in [0.5, 0.6) is 0 Å². The molecule has 14 heavy (non-hydrogen) atoms. The third-order valence-electron chi connectivity index (χ3n) is 1.85. The maximum absolute atomic E-state index is 4.98. The largest absolute Gasteiger partial charge is 0.385 e. The van der Waals surface area contributed by atoms with Crippen molar-refractivity contribution in [3.05, 3.63) is 0 Å². The summed E-state index contributed by atoms with van der Waals surface area (Å²) in [5.74, 6) is 0. The van der Waals surface area contributed by atoms with Gasteiger partial charge in [-0.15, -0.1) is 0 Å². The Morgan fingerprint density at radius 3 is 2.21 bits per heavy atom. The first-order chi connectivity index (χ1) is 6.81. The van der Waals surface area contributed by atoms with E-state index in [0.29, 0.717) is 0 Å². The number of nitrogens with one attached hydrogen (secondary N) is 1. The van der Waals surface area contributed by atoms with E-state index in [0.717, 1.165) is 26.1 Å². The van der Waals surface area contributed by atoms with Crippen LogP contribution in [0.3, 0.4) is 0 Å². The zero-order valence-electron chi connectivity index (χ0n) is 10.6. The summed E-state index contributed by atoms with van der Waals surface area (Å²) in [5.41, 5.74) is 0. The van der Waals surface area contributed by atoms with Crippen LogP contribution in [0.25, 0.3) is 0 Å². The number of hydrogen-bond acceptors (Lipinski definition) is 3. The normalized spacial score (nSPS) is 9.86. The summed E-state index contributed by atoms with van der Waals surface area (Å²) >= 11 is 0. The Bertz CT molecular complexity index is 79.4. The predicted octanol–water partition coefficient (Wildman–Crippen LogP) is 1.59. The fraction of sp³-hybridized carbons (Fsp3) is 1.00. The van der Waals surface area contributed by atoms with Crippen LogP contribution in [-0.2, 0) is 4.74 Å². The van der Waals surface area contributed by atoms with E-state index in [9.17, 15) is 0 Å². The molecule has 0 rings (SSSR count). The summed E-state index contributed by atoms with van der Waals surface area (Å²) in [6.07, 6.45) is 2.35. The lowest BCUT2D eigenvalue weighted by Gasteiger charge is -2.15. The van der Waals surface area contributed by atoms with Crippen molar-refractivity contribution >= 4 is 0 Å². The van der Waals surface area contributed by atoms with E-state index in [2.05, 4.69) is 17.3 Å². The van der Waals surface area contributed by atoms with Crippen LogP contribution in [0, 0.1) is 0 Å². The van der Waals surface area contributed by atoms with Crippen molar-refractivity contribution in [2.45, 2.75) is 26.7 Å². The van der Waals surface area contributed by atoms with Gasteiger partial charge in [0.2, 0.25) is 0 Å². The average Bonchev–Trinajstić information content (AvgIpc) is 2.22. The summed E-state index contributed by atoms with van der Waals surface area (Å²) < 4.78 is 4.98. The summed E-state index contributed by atoms with van der Waals surface area (Å²) in [7, 11) is 5.90. The molecule has 0 aliphatic carbocycles. The summed E-state index contributed by atoms with van der Waals surface area (Å²) in [6, 6.07) is 0. The maximum Gasteiger partial charge on any atom is 0.0474 e. The van der Waals surface area contributed by atoms with E-state index < -0.39 is 0 Å². The fourth-order valence-electron chi connectivity index (χ4n) is 1.12. The van der Waals surface area contributed by atoms with Gasteiger partial charge in [0.05, 0.1) is 0 Å². The Kier molecular flexibility index (Phi) is 17.9. The van der Waals surface area contributed by atoms with Crippen molar-refractivity contribution in [2.24, 2.45) is 0 Å². The molecule has 3 nitrogen and oxygen atoms in total. The second-order valence-corrected chi connectivity index (χ2v) is 3.11. The summed E-state index contributed by atoms with van der Waals surface area (Å²) in [5, 5.41) is 3.14. The molecule has 3 heteroatoms. The van der Waals surface area contributed by atoms with Crippen LogP contribution in [0.2, 0.25) is 0 Å². The molecule has 0 radical (unpaired) electrons. The molecule has 0 aliphatic rings. The van der Waals surface area contributed by atoms with Gasteiger partial charge >= 0.3 is 0 Å². The van der Waals surface area contributed by atoms with Gasteiger partial charge in [-0.25, -0.2) is 0 Å². The van der Waals surface area contributed by atoms with E-state index in [4.69, 9.17) is 4.74 Å². The molecular formula is C11H28N2O. The van der Waals surface area contributed by atoms with Crippen LogP contribution >= 0.6 is 0 Å². The lowest BCUT2D eigenvalue weighted by Crippen LogP contribution is -2.24. The second-order valence-electron chi connectivity index (χ2n) is 3.11. The number of hydrogen-bond donors (Lipinski definition) is 1. The van der Waals surface area contributed by atoms with Crippen LogP contribution in [-0.4, -0.2) is 52.3 Å². The molecule has 0 atom stereocenters. The summed E-state index contributed by atoms with van der Waals surface area (Å²) in [6.45, 7) is 8.28. The zero-order chi connectivity index (χ0) is 11.2. The van der Waals surface area contributed by atoms with E-state index in [1.54, 1.807) is 7.11 Å². The first-order valence-corrected chi connectivity index (χ1v) is 5.63. The minimum absolute atomic E-state index is 0.871. The number of methoxy groups -OCH3 is 1. The standard InChI is InChI=1S/C9H22N2O.C2H6/c1-10-6-4-7-11(2)8-5-9-12-3;1-2/h10H,4-9H2,1-3H3;1-2H3. The third kappa shape index (κ3) is 14.4. The number of ether oxygens (including phenoxy) is 1. The Balaban J connectivity index is 0. The van der Waals surface area contributed by atoms with Crippen LogP contribution in [0.1, 0.15) is 26.7 Å². The molecule has 88 valence electrons. The molecule has 0 fully saturated rings. The molecule has 0 aromatic heterocycles. The molecule has 0 heterocycles. The maximum atomic E-state index is 4.98. The SMILES string of the molecule is CC.CNCCCN(C)CCCOC. The van der Waals surface area contributed by atoms with Crippen LogP contribution in [0.4, 0.5) is 0 Å². The first-order valence-electron chi connectivity index (χ1n) is 5.63. The molecule has 0 spiro atoms. The lowest BCUT2D eigenvalue weighted by atomic mass is 10.3. The van der Waals surface area contributed by atoms with Crippen LogP contribution in [0.15, 0.2) is 0 Å². The molecule has 0 aromatic carbocycles. The van der Waals surface area contributed by atoms with Crippen molar-refractivity contribution in [3.63, 3.8) is 0 Å². The number of rotatable bonds is 8. The Morgan fingerprint density at radius 2 is 1.71 bits per heavy atom. The molecule has 0 aromatic rings. The smallest absolute Gasteiger partial charge is 0.0474 e. The number of nitrogens with zero attached hydrogens (tertiary/aromatic N) is 1. The molecule has 0 amide bonds.